The van der Waals surface area contributed by atoms with E-state index in [2.05, 4.69) is 21.4 Å². The molecule has 0 aliphatic heterocycles. The molecule has 0 radical (unpaired) electrons. The smallest absolute Gasteiger partial charge is 0.271 e. The lowest BCUT2D eigenvalue weighted by molar-refractivity contribution is 0.0949. The second-order valence-corrected chi connectivity index (χ2v) is 5.36. The molecule has 21 heavy (non-hydrogen) atoms. The average Bonchev–Trinajstić information content (AvgIpc) is 2.55. The minimum Gasteiger partial charge on any atom is -0.350 e. The van der Waals surface area contributed by atoms with Crippen LogP contribution in [0.5, 0.6) is 0 Å². The Labute approximate surface area is 124 Å². The molecule has 0 saturated carbocycles. The summed E-state index contributed by atoms with van der Waals surface area (Å²) >= 11 is 0. The monoisotopic (exact) mass is 281 g/mol. The van der Waals surface area contributed by atoms with Crippen LogP contribution in [0.3, 0.4) is 0 Å². The highest BCUT2D eigenvalue weighted by atomic mass is 16.1. The van der Waals surface area contributed by atoms with Crippen LogP contribution >= 0.6 is 0 Å². The minimum absolute atomic E-state index is 0.148. The van der Waals surface area contributed by atoms with Crippen molar-refractivity contribution in [3.63, 3.8) is 0 Å². The van der Waals surface area contributed by atoms with E-state index in [4.69, 9.17) is 0 Å². The molecule has 0 saturated heterocycles. The second kappa shape index (κ2) is 6.48. The summed E-state index contributed by atoms with van der Waals surface area (Å²) in [5, 5.41) is 2.93. The molecular weight excluding hydrogens is 262 g/mol. The maximum atomic E-state index is 12.1. The summed E-state index contributed by atoms with van der Waals surface area (Å²) in [5.74, 6) is -0.148. The van der Waals surface area contributed by atoms with Gasteiger partial charge in [-0.1, -0.05) is 23.8 Å². The van der Waals surface area contributed by atoms with Crippen molar-refractivity contribution in [3.05, 3.63) is 47.8 Å². The van der Waals surface area contributed by atoms with Gasteiger partial charge < -0.3 is 5.32 Å². The molecule has 4 heteroatoms. The van der Waals surface area contributed by atoms with E-state index in [1.54, 1.807) is 0 Å². The summed E-state index contributed by atoms with van der Waals surface area (Å²) in [6.07, 6.45) is 9.71. The third-order valence-corrected chi connectivity index (χ3v) is 3.80. The molecule has 1 N–H and O–H groups in total. The van der Waals surface area contributed by atoms with Crippen molar-refractivity contribution in [1.82, 2.24) is 15.3 Å². The Kier molecular flexibility index (Phi) is 4.24. The third kappa shape index (κ3) is 3.45. The van der Waals surface area contributed by atoms with E-state index in [-0.39, 0.29) is 5.91 Å². The molecule has 4 nitrogen and oxygen atoms in total. The maximum Gasteiger partial charge on any atom is 0.271 e. The van der Waals surface area contributed by atoms with Crippen molar-refractivity contribution in [2.45, 2.75) is 32.1 Å². The molecule has 1 aliphatic carbocycles. The van der Waals surface area contributed by atoms with Gasteiger partial charge in [-0.2, -0.15) is 0 Å². The SMILES string of the molecule is O=C(NCCC1=CCCCC1)c1cnc2ccccc2n1. The van der Waals surface area contributed by atoms with Crippen LogP contribution < -0.4 is 5.32 Å². The molecule has 0 unspecified atom stereocenters. The molecule has 0 fully saturated rings. The van der Waals surface area contributed by atoms with Crippen LogP contribution in [0.25, 0.3) is 11.0 Å². The van der Waals surface area contributed by atoms with Gasteiger partial charge in [-0.3, -0.25) is 9.78 Å². The molecule has 3 rings (SSSR count). The zero-order valence-electron chi connectivity index (χ0n) is 12.0. The number of fused-ring (bicyclic) bond motifs is 1. The van der Waals surface area contributed by atoms with Crippen LogP contribution in [-0.4, -0.2) is 22.4 Å². The minimum atomic E-state index is -0.148. The second-order valence-electron chi connectivity index (χ2n) is 5.36. The highest BCUT2D eigenvalue weighted by Crippen LogP contribution is 2.19. The van der Waals surface area contributed by atoms with Crippen molar-refractivity contribution < 1.29 is 4.79 Å². The predicted molar refractivity (Wildman–Crippen MR) is 83.0 cm³/mol. The number of nitrogens with one attached hydrogen (secondary N) is 1. The molecular formula is C17H19N3O. The van der Waals surface area contributed by atoms with E-state index < -0.39 is 0 Å². The number of aromatic nitrogens is 2. The first-order chi connectivity index (χ1) is 10.3. The Morgan fingerprint density at radius 1 is 1.19 bits per heavy atom. The Hall–Kier alpha value is -2.23. The van der Waals surface area contributed by atoms with Gasteiger partial charge in [-0.05, 0) is 44.2 Å². The first-order valence-electron chi connectivity index (χ1n) is 7.51. The standard InChI is InChI=1S/C17H19N3O/c21-17(18-11-10-13-6-2-1-3-7-13)16-12-19-14-8-4-5-9-15(14)20-16/h4-6,8-9,12H,1-3,7,10-11H2,(H,18,21). The lowest BCUT2D eigenvalue weighted by Gasteiger charge is -2.12. The largest absolute Gasteiger partial charge is 0.350 e. The summed E-state index contributed by atoms with van der Waals surface area (Å²) < 4.78 is 0. The fraction of sp³-hybridized carbons (Fsp3) is 0.353. The first-order valence-corrected chi connectivity index (χ1v) is 7.51. The summed E-state index contributed by atoms with van der Waals surface area (Å²) in [6.45, 7) is 0.666. The molecule has 2 aromatic rings. The van der Waals surface area contributed by atoms with Crippen molar-refractivity contribution in [2.24, 2.45) is 0 Å². The van der Waals surface area contributed by atoms with Gasteiger partial charge >= 0.3 is 0 Å². The zero-order chi connectivity index (χ0) is 14.5. The predicted octanol–water partition coefficient (Wildman–Crippen LogP) is 3.25. The lowest BCUT2D eigenvalue weighted by Crippen LogP contribution is -2.26. The van der Waals surface area contributed by atoms with Crippen molar-refractivity contribution >= 4 is 16.9 Å². The molecule has 1 aromatic carbocycles. The Balaban J connectivity index is 1.60. The number of amides is 1. The molecule has 1 aromatic heterocycles. The van der Waals surface area contributed by atoms with Crippen LogP contribution in [0.2, 0.25) is 0 Å². The van der Waals surface area contributed by atoms with Gasteiger partial charge in [-0.25, -0.2) is 4.98 Å². The van der Waals surface area contributed by atoms with Gasteiger partial charge in [0.15, 0.2) is 0 Å². The molecule has 1 heterocycles. The first kappa shape index (κ1) is 13.7. The Morgan fingerprint density at radius 2 is 2.05 bits per heavy atom. The number of carbonyl (C=O) groups excluding carboxylic acids is 1. The fourth-order valence-corrected chi connectivity index (χ4v) is 2.63. The van der Waals surface area contributed by atoms with Crippen LogP contribution in [0.15, 0.2) is 42.1 Å². The molecule has 0 bridgehead atoms. The van der Waals surface area contributed by atoms with Gasteiger partial charge in [0, 0.05) is 6.54 Å². The normalized spacial score (nSPS) is 14.8. The van der Waals surface area contributed by atoms with E-state index in [0.717, 1.165) is 17.5 Å². The van der Waals surface area contributed by atoms with Crippen molar-refractivity contribution in [1.29, 1.82) is 0 Å². The molecule has 0 spiro atoms. The highest BCUT2D eigenvalue weighted by Gasteiger charge is 2.09. The molecule has 108 valence electrons. The van der Waals surface area contributed by atoms with E-state index in [1.807, 2.05) is 24.3 Å². The Morgan fingerprint density at radius 3 is 2.86 bits per heavy atom. The summed E-state index contributed by atoms with van der Waals surface area (Å²) in [4.78, 5) is 20.7. The van der Waals surface area contributed by atoms with Crippen LogP contribution in [0.1, 0.15) is 42.6 Å². The number of nitrogens with zero attached hydrogens (tertiary/aromatic N) is 2. The average molecular weight is 281 g/mol. The zero-order valence-corrected chi connectivity index (χ0v) is 12.0. The Bertz CT molecular complexity index is 679. The van der Waals surface area contributed by atoms with Crippen molar-refractivity contribution in [2.75, 3.05) is 6.54 Å². The topological polar surface area (TPSA) is 54.9 Å². The van der Waals surface area contributed by atoms with Gasteiger partial charge in [0.25, 0.3) is 5.91 Å². The van der Waals surface area contributed by atoms with Crippen molar-refractivity contribution in [3.8, 4) is 0 Å². The third-order valence-electron chi connectivity index (χ3n) is 3.80. The molecule has 0 atom stereocenters. The summed E-state index contributed by atoms with van der Waals surface area (Å²) in [7, 11) is 0. The van der Waals surface area contributed by atoms with Gasteiger partial charge in [-0.15, -0.1) is 0 Å². The summed E-state index contributed by atoms with van der Waals surface area (Å²) in [6, 6.07) is 7.56. The summed E-state index contributed by atoms with van der Waals surface area (Å²) in [5.41, 5.74) is 3.40. The fourth-order valence-electron chi connectivity index (χ4n) is 2.63. The van der Waals surface area contributed by atoms with E-state index in [1.165, 1.54) is 37.5 Å². The number of para-hydroxylation sites is 2. The van der Waals surface area contributed by atoms with E-state index >= 15 is 0 Å². The number of allylic oxidation sites excluding steroid dienone is 1. The number of carbonyl (C=O) groups is 1. The number of hydrogen-bond donors (Lipinski definition) is 1. The molecule has 1 amide bonds. The number of benzene rings is 1. The number of hydrogen-bond acceptors (Lipinski definition) is 3. The lowest BCUT2D eigenvalue weighted by atomic mass is 9.97. The van der Waals surface area contributed by atoms with E-state index in [0.29, 0.717) is 12.2 Å². The van der Waals surface area contributed by atoms with Crippen LogP contribution in [0, 0.1) is 0 Å². The van der Waals surface area contributed by atoms with Gasteiger partial charge in [0.05, 0.1) is 17.2 Å². The number of rotatable bonds is 4. The van der Waals surface area contributed by atoms with Gasteiger partial charge in [0.2, 0.25) is 0 Å². The van der Waals surface area contributed by atoms with Crippen LogP contribution in [-0.2, 0) is 0 Å². The van der Waals surface area contributed by atoms with Crippen LogP contribution in [0.4, 0.5) is 0 Å². The van der Waals surface area contributed by atoms with Gasteiger partial charge in [0.1, 0.15) is 5.69 Å². The van der Waals surface area contributed by atoms with E-state index in [9.17, 15) is 4.79 Å². The molecule has 1 aliphatic rings. The maximum absolute atomic E-state index is 12.1. The highest BCUT2D eigenvalue weighted by molar-refractivity contribution is 5.93. The quantitative estimate of drug-likeness (QED) is 0.875.